The molecule has 0 bridgehead atoms. The van der Waals surface area contributed by atoms with E-state index in [1.165, 1.54) is 18.5 Å². The fraction of sp³-hybridized carbons (Fsp3) is 0.565. The Morgan fingerprint density at radius 2 is 2.09 bits per heavy atom. The standard InChI is InChI=1S/C23H35N5O2S.HI/c1-18-26-21(17-31-18)16-28-10-8-19(9-11-28)15-25-23(24-2)27-20-6-4-7-22(14-20)30-13-5-12-29-3;/h4,6-7,14,17,19H,5,8-13,15-16H2,1-3H3,(H2,24,25,27);1H. The predicted octanol–water partition coefficient (Wildman–Crippen LogP) is 4.38. The third kappa shape index (κ3) is 9.21. The molecule has 178 valence electrons. The number of nitrogens with zero attached hydrogens (tertiary/aromatic N) is 3. The SMILES string of the molecule is CN=C(NCC1CCN(Cc2csc(C)n2)CC1)Nc1cccc(OCCCOC)c1.I. The lowest BCUT2D eigenvalue weighted by molar-refractivity contribution is 0.172. The largest absolute Gasteiger partial charge is 0.493 e. The molecule has 7 nitrogen and oxygen atoms in total. The minimum atomic E-state index is 0. The number of hydrogen-bond donors (Lipinski definition) is 2. The third-order valence-corrected chi connectivity index (χ3v) is 6.22. The van der Waals surface area contributed by atoms with Crippen LogP contribution in [0.2, 0.25) is 0 Å². The maximum atomic E-state index is 5.78. The highest BCUT2D eigenvalue weighted by Gasteiger charge is 2.20. The zero-order valence-electron chi connectivity index (χ0n) is 19.3. The Labute approximate surface area is 213 Å². The van der Waals surface area contributed by atoms with E-state index in [1.54, 1.807) is 25.5 Å². The number of rotatable bonds is 10. The molecule has 0 amide bonds. The Hall–Kier alpha value is -1.43. The van der Waals surface area contributed by atoms with Crippen LogP contribution in [0, 0.1) is 12.8 Å². The molecule has 9 heteroatoms. The van der Waals surface area contributed by atoms with Gasteiger partial charge in [0.1, 0.15) is 5.75 Å². The number of likely N-dealkylation sites (tertiary alicyclic amines) is 1. The van der Waals surface area contributed by atoms with E-state index in [2.05, 4.69) is 37.8 Å². The summed E-state index contributed by atoms with van der Waals surface area (Å²) in [5.74, 6) is 2.29. The Kier molecular flexibility index (Phi) is 12.3. The van der Waals surface area contributed by atoms with E-state index < -0.39 is 0 Å². The number of methoxy groups -OCH3 is 1. The van der Waals surface area contributed by atoms with E-state index in [4.69, 9.17) is 9.47 Å². The number of halogens is 1. The van der Waals surface area contributed by atoms with Crippen molar-refractivity contribution in [1.82, 2.24) is 15.2 Å². The third-order valence-electron chi connectivity index (χ3n) is 5.40. The van der Waals surface area contributed by atoms with Gasteiger partial charge in [0, 0.05) is 57.4 Å². The molecule has 1 fully saturated rings. The number of aliphatic imine (C=N–C) groups is 1. The summed E-state index contributed by atoms with van der Waals surface area (Å²) in [5, 5.41) is 10.2. The molecule has 1 aromatic carbocycles. The van der Waals surface area contributed by atoms with Gasteiger partial charge in [0.05, 0.1) is 17.3 Å². The average Bonchev–Trinajstić information content (AvgIpc) is 3.20. The van der Waals surface area contributed by atoms with Crippen molar-refractivity contribution in [3.05, 3.63) is 40.3 Å². The fourth-order valence-corrected chi connectivity index (χ4v) is 4.28. The van der Waals surface area contributed by atoms with Gasteiger partial charge in [0.2, 0.25) is 0 Å². The second-order valence-electron chi connectivity index (χ2n) is 7.88. The number of anilines is 1. The molecule has 0 spiro atoms. The molecule has 0 radical (unpaired) electrons. The Bertz CT molecular complexity index is 824. The van der Waals surface area contributed by atoms with Crippen LogP contribution in [-0.2, 0) is 11.3 Å². The molecular weight excluding hydrogens is 537 g/mol. The Morgan fingerprint density at radius 1 is 1.28 bits per heavy atom. The molecule has 2 aromatic rings. The first-order valence-electron chi connectivity index (χ1n) is 11.0. The zero-order chi connectivity index (χ0) is 21.9. The maximum Gasteiger partial charge on any atom is 0.195 e. The van der Waals surface area contributed by atoms with Crippen LogP contribution in [0.25, 0.3) is 0 Å². The van der Waals surface area contributed by atoms with Crippen molar-refractivity contribution in [2.75, 3.05) is 52.3 Å². The van der Waals surface area contributed by atoms with Crippen LogP contribution in [0.1, 0.15) is 30.0 Å². The van der Waals surface area contributed by atoms with Gasteiger partial charge in [-0.2, -0.15) is 0 Å². The number of piperidine rings is 1. The van der Waals surface area contributed by atoms with Crippen molar-refractivity contribution in [2.24, 2.45) is 10.9 Å². The molecule has 32 heavy (non-hydrogen) atoms. The van der Waals surface area contributed by atoms with E-state index in [0.29, 0.717) is 19.1 Å². The van der Waals surface area contributed by atoms with Gasteiger partial charge in [-0.15, -0.1) is 35.3 Å². The molecule has 2 N–H and O–H groups in total. The maximum absolute atomic E-state index is 5.78. The van der Waals surface area contributed by atoms with Gasteiger partial charge in [-0.05, 0) is 50.9 Å². The molecule has 1 aliphatic heterocycles. The molecule has 1 aliphatic rings. The smallest absolute Gasteiger partial charge is 0.195 e. The number of ether oxygens (including phenoxy) is 2. The molecule has 1 saturated heterocycles. The normalized spacial score (nSPS) is 15.3. The average molecular weight is 574 g/mol. The van der Waals surface area contributed by atoms with Crippen LogP contribution in [0.5, 0.6) is 5.75 Å². The summed E-state index contributed by atoms with van der Waals surface area (Å²) < 4.78 is 10.8. The van der Waals surface area contributed by atoms with Crippen LogP contribution >= 0.6 is 35.3 Å². The number of thiazole rings is 1. The summed E-state index contributed by atoms with van der Waals surface area (Å²) in [7, 11) is 3.51. The van der Waals surface area contributed by atoms with Crippen LogP contribution in [-0.4, -0.2) is 62.8 Å². The lowest BCUT2D eigenvalue weighted by Gasteiger charge is -2.31. The van der Waals surface area contributed by atoms with Crippen molar-refractivity contribution in [3.8, 4) is 5.75 Å². The highest BCUT2D eigenvalue weighted by molar-refractivity contribution is 14.0. The van der Waals surface area contributed by atoms with Crippen molar-refractivity contribution in [2.45, 2.75) is 32.7 Å². The Balaban J connectivity index is 0.00000363. The molecule has 3 rings (SSSR count). The molecule has 0 atom stereocenters. The molecule has 1 aromatic heterocycles. The first-order chi connectivity index (χ1) is 15.2. The zero-order valence-corrected chi connectivity index (χ0v) is 22.4. The first-order valence-corrected chi connectivity index (χ1v) is 11.9. The van der Waals surface area contributed by atoms with Gasteiger partial charge in [-0.3, -0.25) is 9.89 Å². The highest BCUT2D eigenvalue weighted by Crippen LogP contribution is 2.20. The van der Waals surface area contributed by atoms with Crippen molar-refractivity contribution < 1.29 is 9.47 Å². The summed E-state index contributed by atoms with van der Waals surface area (Å²) in [5.41, 5.74) is 2.17. The highest BCUT2D eigenvalue weighted by atomic mass is 127. The van der Waals surface area contributed by atoms with Gasteiger partial charge in [-0.25, -0.2) is 4.98 Å². The van der Waals surface area contributed by atoms with E-state index in [9.17, 15) is 0 Å². The van der Waals surface area contributed by atoms with Crippen molar-refractivity contribution >= 4 is 47.0 Å². The summed E-state index contributed by atoms with van der Waals surface area (Å²) >= 11 is 1.73. The number of guanidine groups is 1. The lowest BCUT2D eigenvalue weighted by Crippen LogP contribution is -2.40. The first kappa shape index (κ1) is 26.8. The minimum absolute atomic E-state index is 0. The summed E-state index contributed by atoms with van der Waals surface area (Å²) in [6.07, 6.45) is 3.26. The number of hydrogen-bond acceptors (Lipinski definition) is 6. The summed E-state index contributed by atoms with van der Waals surface area (Å²) in [4.78, 5) is 11.5. The molecular formula is C23H36IN5O2S. The van der Waals surface area contributed by atoms with Gasteiger partial charge in [0.15, 0.2) is 5.96 Å². The van der Waals surface area contributed by atoms with E-state index in [0.717, 1.165) is 55.0 Å². The minimum Gasteiger partial charge on any atom is -0.493 e. The number of aryl methyl sites for hydroxylation is 1. The summed E-state index contributed by atoms with van der Waals surface area (Å²) in [6, 6.07) is 7.97. The topological polar surface area (TPSA) is 71.0 Å². The van der Waals surface area contributed by atoms with Crippen LogP contribution in [0.4, 0.5) is 5.69 Å². The van der Waals surface area contributed by atoms with E-state index >= 15 is 0 Å². The number of benzene rings is 1. The molecule has 0 aliphatic carbocycles. The van der Waals surface area contributed by atoms with Gasteiger partial charge in [0.25, 0.3) is 0 Å². The molecule has 0 saturated carbocycles. The van der Waals surface area contributed by atoms with Crippen LogP contribution in [0.15, 0.2) is 34.6 Å². The Morgan fingerprint density at radius 3 is 2.78 bits per heavy atom. The second-order valence-corrected chi connectivity index (χ2v) is 8.94. The lowest BCUT2D eigenvalue weighted by atomic mass is 9.97. The van der Waals surface area contributed by atoms with Crippen LogP contribution < -0.4 is 15.4 Å². The predicted molar refractivity (Wildman–Crippen MR) is 144 cm³/mol. The van der Waals surface area contributed by atoms with Crippen LogP contribution in [0.3, 0.4) is 0 Å². The van der Waals surface area contributed by atoms with Gasteiger partial charge >= 0.3 is 0 Å². The fourth-order valence-electron chi connectivity index (χ4n) is 3.67. The van der Waals surface area contributed by atoms with Gasteiger partial charge in [-0.1, -0.05) is 6.07 Å². The summed E-state index contributed by atoms with van der Waals surface area (Å²) in [6.45, 7) is 7.56. The quantitative estimate of drug-likeness (QED) is 0.190. The monoisotopic (exact) mass is 573 g/mol. The van der Waals surface area contributed by atoms with Gasteiger partial charge < -0.3 is 20.1 Å². The van der Waals surface area contributed by atoms with Crippen molar-refractivity contribution in [1.29, 1.82) is 0 Å². The second kappa shape index (κ2) is 14.7. The molecule has 2 heterocycles. The van der Waals surface area contributed by atoms with E-state index in [-0.39, 0.29) is 24.0 Å². The van der Waals surface area contributed by atoms with Crippen molar-refractivity contribution in [3.63, 3.8) is 0 Å². The number of aromatic nitrogens is 1. The van der Waals surface area contributed by atoms with E-state index in [1.807, 2.05) is 24.3 Å². The molecule has 0 unspecified atom stereocenters. The number of nitrogens with one attached hydrogen (secondary N) is 2.